The Bertz CT molecular complexity index is 327. The lowest BCUT2D eigenvalue weighted by molar-refractivity contribution is -0.154. The molecule has 1 N–H and O–H groups in total. The molecule has 0 bridgehead atoms. The molecule has 0 saturated heterocycles. The number of rotatable bonds is 7. The molecule has 3 nitrogen and oxygen atoms in total. The molecule has 0 aromatic heterocycles. The molecule has 0 spiro atoms. The van der Waals surface area contributed by atoms with Crippen molar-refractivity contribution < 1.29 is 9.47 Å². The first-order valence-electron chi connectivity index (χ1n) is 5.89. The van der Waals surface area contributed by atoms with Crippen LogP contribution < -0.4 is 5.32 Å². The van der Waals surface area contributed by atoms with Crippen molar-refractivity contribution in [1.29, 1.82) is 0 Å². The zero-order valence-electron chi connectivity index (χ0n) is 10.6. The van der Waals surface area contributed by atoms with E-state index in [2.05, 4.69) is 5.32 Å². The highest BCUT2D eigenvalue weighted by atomic mass is 35.5. The van der Waals surface area contributed by atoms with E-state index in [-0.39, 0.29) is 12.3 Å². The van der Waals surface area contributed by atoms with E-state index in [1.807, 2.05) is 45.2 Å². The lowest BCUT2D eigenvalue weighted by Gasteiger charge is -2.27. The van der Waals surface area contributed by atoms with Gasteiger partial charge in [-0.1, -0.05) is 29.8 Å². The minimum Gasteiger partial charge on any atom is -0.351 e. The first kappa shape index (κ1) is 14.5. The molecular formula is C13H20ClNO2. The van der Waals surface area contributed by atoms with E-state index >= 15 is 0 Å². The maximum absolute atomic E-state index is 6.19. The van der Waals surface area contributed by atoms with Crippen LogP contribution in [0.25, 0.3) is 0 Å². The third-order valence-corrected chi connectivity index (χ3v) is 2.83. The lowest BCUT2D eigenvalue weighted by atomic mass is 10.1. The fourth-order valence-corrected chi connectivity index (χ4v) is 1.99. The molecule has 1 atom stereocenters. The third kappa shape index (κ3) is 3.96. The summed E-state index contributed by atoms with van der Waals surface area (Å²) >= 11 is 6.19. The number of ether oxygens (including phenoxy) is 2. The Morgan fingerprint density at radius 3 is 2.24 bits per heavy atom. The van der Waals surface area contributed by atoms with Crippen LogP contribution in [-0.2, 0) is 9.47 Å². The quantitative estimate of drug-likeness (QED) is 0.762. The van der Waals surface area contributed by atoms with Crippen LogP contribution in [0.5, 0.6) is 0 Å². The first-order valence-corrected chi connectivity index (χ1v) is 6.27. The number of likely N-dealkylation sites (N-methyl/N-ethyl adjacent to an activating group) is 1. The molecule has 0 heterocycles. The highest BCUT2D eigenvalue weighted by Gasteiger charge is 2.24. The Hall–Kier alpha value is -0.610. The van der Waals surface area contributed by atoms with Crippen LogP contribution in [0.1, 0.15) is 25.5 Å². The minimum absolute atomic E-state index is 0.0661. The van der Waals surface area contributed by atoms with E-state index in [1.54, 1.807) is 0 Å². The van der Waals surface area contributed by atoms with Crippen molar-refractivity contribution in [3.63, 3.8) is 0 Å². The molecule has 0 aliphatic carbocycles. The third-order valence-electron chi connectivity index (χ3n) is 2.49. The molecular weight excluding hydrogens is 238 g/mol. The Morgan fingerprint density at radius 2 is 1.76 bits per heavy atom. The summed E-state index contributed by atoms with van der Waals surface area (Å²) in [7, 11) is 1.87. The molecule has 0 radical (unpaired) electrons. The van der Waals surface area contributed by atoms with Gasteiger partial charge in [-0.15, -0.1) is 0 Å². The van der Waals surface area contributed by atoms with Crippen molar-refractivity contribution in [2.45, 2.75) is 26.2 Å². The van der Waals surface area contributed by atoms with Crippen LogP contribution in [0.2, 0.25) is 5.02 Å². The van der Waals surface area contributed by atoms with E-state index in [0.717, 1.165) is 10.6 Å². The Morgan fingerprint density at radius 1 is 1.18 bits per heavy atom. The molecule has 0 amide bonds. The summed E-state index contributed by atoms with van der Waals surface area (Å²) in [6.45, 7) is 5.11. The van der Waals surface area contributed by atoms with Gasteiger partial charge in [0.1, 0.15) is 0 Å². The van der Waals surface area contributed by atoms with Gasteiger partial charge in [0.05, 0.1) is 6.04 Å². The molecule has 1 aromatic carbocycles. The lowest BCUT2D eigenvalue weighted by Crippen LogP contribution is -2.34. The number of hydrogen-bond donors (Lipinski definition) is 1. The van der Waals surface area contributed by atoms with Gasteiger partial charge < -0.3 is 14.8 Å². The normalized spacial score (nSPS) is 13.0. The van der Waals surface area contributed by atoms with Gasteiger partial charge in [-0.3, -0.25) is 0 Å². The van der Waals surface area contributed by atoms with Crippen molar-refractivity contribution in [2.24, 2.45) is 0 Å². The van der Waals surface area contributed by atoms with Gasteiger partial charge in [0, 0.05) is 18.2 Å². The van der Waals surface area contributed by atoms with E-state index in [0.29, 0.717) is 13.2 Å². The topological polar surface area (TPSA) is 30.5 Å². The van der Waals surface area contributed by atoms with Crippen LogP contribution >= 0.6 is 11.6 Å². The largest absolute Gasteiger partial charge is 0.351 e. The SMILES string of the molecule is CCOC(OCC)C(NC)c1ccccc1Cl. The predicted molar refractivity (Wildman–Crippen MR) is 70.3 cm³/mol. The Labute approximate surface area is 108 Å². The van der Waals surface area contributed by atoms with Crippen LogP contribution in [0.3, 0.4) is 0 Å². The standard InChI is InChI=1S/C13H20ClNO2/c1-4-16-13(17-5-2)12(15-3)10-8-6-7-9-11(10)14/h6-9,12-13,15H,4-5H2,1-3H3. The van der Waals surface area contributed by atoms with Crippen LogP contribution in [0.4, 0.5) is 0 Å². The summed E-state index contributed by atoms with van der Waals surface area (Å²) in [5, 5.41) is 3.91. The fourth-order valence-electron chi connectivity index (χ4n) is 1.73. The van der Waals surface area contributed by atoms with Crippen LogP contribution in [-0.4, -0.2) is 26.6 Å². The Kier molecular flexibility index (Phi) is 6.52. The second kappa shape index (κ2) is 7.67. The number of benzene rings is 1. The van der Waals surface area contributed by atoms with Gasteiger partial charge in [-0.25, -0.2) is 0 Å². The van der Waals surface area contributed by atoms with Crippen molar-refractivity contribution in [3.8, 4) is 0 Å². The molecule has 0 aliphatic rings. The average molecular weight is 258 g/mol. The fraction of sp³-hybridized carbons (Fsp3) is 0.538. The van der Waals surface area contributed by atoms with Crippen LogP contribution in [0.15, 0.2) is 24.3 Å². The van der Waals surface area contributed by atoms with E-state index < -0.39 is 0 Å². The zero-order chi connectivity index (χ0) is 12.7. The van der Waals surface area contributed by atoms with Gasteiger partial charge in [0.25, 0.3) is 0 Å². The van der Waals surface area contributed by atoms with Crippen molar-refractivity contribution in [1.82, 2.24) is 5.32 Å². The molecule has 0 aliphatic heterocycles. The molecule has 0 saturated carbocycles. The molecule has 0 fully saturated rings. The molecule has 4 heteroatoms. The van der Waals surface area contributed by atoms with Gasteiger partial charge >= 0.3 is 0 Å². The van der Waals surface area contributed by atoms with Gasteiger partial charge in [-0.2, -0.15) is 0 Å². The molecule has 1 unspecified atom stereocenters. The van der Waals surface area contributed by atoms with Crippen LogP contribution in [0, 0.1) is 0 Å². The smallest absolute Gasteiger partial charge is 0.176 e. The average Bonchev–Trinajstić information content (AvgIpc) is 2.33. The zero-order valence-corrected chi connectivity index (χ0v) is 11.3. The Balaban J connectivity index is 2.91. The highest BCUT2D eigenvalue weighted by molar-refractivity contribution is 6.31. The number of halogens is 1. The van der Waals surface area contributed by atoms with E-state index in [1.165, 1.54) is 0 Å². The van der Waals surface area contributed by atoms with Crippen molar-refractivity contribution in [3.05, 3.63) is 34.9 Å². The van der Waals surface area contributed by atoms with Gasteiger partial charge in [0.2, 0.25) is 0 Å². The molecule has 1 aromatic rings. The monoisotopic (exact) mass is 257 g/mol. The number of nitrogens with one attached hydrogen (secondary N) is 1. The first-order chi connectivity index (χ1) is 8.24. The van der Waals surface area contributed by atoms with Gasteiger partial charge in [0.15, 0.2) is 6.29 Å². The second-order valence-corrected chi connectivity index (χ2v) is 3.97. The summed E-state index contributed by atoms with van der Waals surface area (Å²) in [5.74, 6) is 0. The predicted octanol–water partition coefficient (Wildman–Crippen LogP) is 3.00. The highest BCUT2D eigenvalue weighted by Crippen LogP contribution is 2.26. The maximum atomic E-state index is 6.19. The molecule has 96 valence electrons. The van der Waals surface area contributed by atoms with E-state index in [4.69, 9.17) is 21.1 Å². The summed E-state index contributed by atoms with van der Waals surface area (Å²) in [4.78, 5) is 0. The van der Waals surface area contributed by atoms with E-state index in [9.17, 15) is 0 Å². The summed E-state index contributed by atoms with van der Waals surface area (Å²) in [6.07, 6.45) is -0.324. The molecule has 17 heavy (non-hydrogen) atoms. The van der Waals surface area contributed by atoms with Gasteiger partial charge in [-0.05, 0) is 32.5 Å². The minimum atomic E-state index is -0.324. The number of hydrogen-bond acceptors (Lipinski definition) is 3. The van der Waals surface area contributed by atoms with Crippen molar-refractivity contribution >= 4 is 11.6 Å². The summed E-state index contributed by atoms with van der Waals surface area (Å²) < 4.78 is 11.2. The summed E-state index contributed by atoms with van der Waals surface area (Å²) in [5.41, 5.74) is 0.989. The van der Waals surface area contributed by atoms with Crippen molar-refractivity contribution in [2.75, 3.05) is 20.3 Å². The maximum Gasteiger partial charge on any atom is 0.176 e. The summed E-state index contributed by atoms with van der Waals surface area (Å²) in [6, 6.07) is 7.66. The second-order valence-electron chi connectivity index (χ2n) is 3.57. The molecule has 1 rings (SSSR count).